The number of nitrogens with one attached hydrogen (secondary N) is 1. The lowest BCUT2D eigenvalue weighted by molar-refractivity contribution is -0.152. The van der Waals surface area contributed by atoms with Gasteiger partial charge in [-0.1, -0.05) is 0 Å². The van der Waals surface area contributed by atoms with Crippen molar-refractivity contribution in [1.82, 2.24) is 5.32 Å². The standard InChI is InChI=1S/C22H20F2N2O6S/c1-33-17-8-4-15(5-9-17)26-11-14(10-19(26)28)21(30)31-12-18(27)25-20(29)13-2-6-16(7-3-13)32-22(23)24/h2-9,14,22H,10-12H2,1H3,(H,25,27,29). The van der Waals surface area contributed by atoms with Gasteiger partial charge in [-0.05, 0) is 54.8 Å². The van der Waals surface area contributed by atoms with E-state index < -0.39 is 36.9 Å². The summed E-state index contributed by atoms with van der Waals surface area (Å²) < 4.78 is 33.5. The van der Waals surface area contributed by atoms with E-state index in [2.05, 4.69) is 4.74 Å². The maximum absolute atomic E-state index is 12.3. The summed E-state index contributed by atoms with van der Waals surface area (Å²) in [6.07, 6.45) is 1.89. The molecule has 0 aliphatic carbocycles. The van der Waals surface area contributed by atoms with Crippen LogP contribution in [0.15, 0.2) is 53.4 Å². The van der Waals surface area contributed by atoms with Gasteiger partial charge in [-0.2, -0.15) is 8.78 Å². The highest BCUT2D eigenvalue weighted by Crippen LogP contribution is 2.27. The molecule has 0 aromatic heterocycles. The molecule has 2 aromatic rings. The van der Waals surface area contributed by atoms with Gasteiger partial charge in [-0.15, -0.1) is 11.8 Å². The van der Waals surface area contributed by atoms with E-state index in [-0.39, 0.29) is 30.2 Å². The van der Waals surface area contributed by atoms with Gasteiger partial charge in [-0.3, -0.25) is 24.5 Å². The smallest absolute Gasteiger partial charge is 0.387 e. The SMILES string of the molecule is CSc1ccc(N2CC(C(=O)OCC(=O)NC(=O)c3ccc(OC(F)F)cc3)CC2=O)cc1. The van der Waals surface area contributed by atoms with Crippen molar-refractivity contribution >= 4 is 41.1 Å². The van der Waals surface area contributed by atoms with Gasteiger partial charge in [0, 0.05) is 29.1 Å². The fourth-order valence-corrected chi connectivity index (χ4v) is 3.56. The van der Waals surface area contributed by atoms with E-state index in [4.69, 9.17) is 4.74 Å². The third-order valence-corrected chi connectivity index (χ3v) is 5.53. The molecule has 1 fully saturated rings. The first-order valence-electron chi connectivity index (χ1n) is 9.77. The van der Waals surface area contributed by atoms with Crippen LogP contribution in [0.2, 0.25) is 0 Å². The molecule has 1 atom stereocenters. The molecule has 1 unspecified atom stereocenters. The van der Waals surface area contributed by atoms with E-state index in [1.54, 1.807) is 23.9 Å². The van der Waals surface area contributed by atoms with E-state index in [1.165, 1.54) is 17.0 Å². The molecule has 2 aromatic carbocycles. The maximum Gasteiger partial charge on any atom is 0.387 e. The molecule has 1 heterocycles. The molecule has 8 nitrogen and oxygen atoms in total. The molecule has 0 saturated carbocycles. The lowest BCUT2D eigenvalue weighted by atomic mass is 10.1. The molecule has 0 radical (unpaired) electrons. The summed E-state index contributed by atoms with van der Waals surface area (Å²) >= 11 is 1.57. The third kappa shape index (κ3) is 6.51. The van der Waals surface area contributed by atoms with Gasteiger partial charge < -0.3 is 14.4 Å². The third-order valence-electron chi connectivity index (χ3n) is 4.78. The van der Waals surface area contributed by atoms with E-state index in [1.807, 2.05) is 23.7 Å². The highest BCUT2D eigenvalue weighted by atomic mass is 32.2. The zero-order valence-corrected chi connectivity index (χ0v) is 18.3. The fraction of sp³-hybridized carbons (Fsp3) is 0.273. The molecular formula is C22H20F2N2O6S. The van der Waals surface area contributed by atoms with Crippen LogP contribution in [0.4, 0.5) is 14.5 Å². The van der Waals surface area contributed by atoms with Crippen LogP contribution in [-0.4, -0.2) is 49.7 Å². The summed E-state index contributed by atoms with van der Waals surface area (Å²) in [6.45, 7) is -3.57. The van der Waals surface area contributed by atoms with Crippen molar-refractivity contribution < 1.29 is 37.4 Å². The average molecular weight is 478 g/mol. The van der Waals surface area contributed by atoms with Crippen molar-refractivity contribution in [2.45, 2.75) is 17.9 Å². The molecule has 33 heavy (non-hydrogen) atoms. The van der Waals surface area contributed by atoms with Gasteiger partial charge in [-0.25, -0.2) is 0 Å². The minimum Gasteiger partial charge on any atom is -0.455 e. The number of amides is 3. The Morgan fingerprint density at radius 3 is 2.39 bits per heavy atom. The Bertz CT molecular complexity index is 1030. The summed E-state index contributed by atoms with van der Waals surface area (Å²) in [4.78, 5) is 51.2. The molecule has 0 bridgehead atoms. The predicted octanol–water partition coefficient (Wildman–Crippen LogP) is 2.86. The average Bonchev–Trinajstić information content (AvgIpc) is 3.19. The maximum atomic E-state index is 12.3. The quantitative estimate of drug-likeness (QED) is 0.460. The number of hydrogen-bond acceptors (Lipinski definition) is 7. The van der Waals surface area contributed by atoms with Gasteiger partial charge in [0.05, 0.1) is 5.92 Å². The first-order chi connectivity index (χ1) is 15.8. The number of nitrogens with zero attached hydrogens (tertiary/aromatic N) is 1. The number of hydrogen-bond donors (Lipinski definition) is 1. The lowest BCUT2D eigenvalue weighted by Gasteiger charge is -2.16. The van der Waals surface area contributed by atoms with Crippen LogP contribution in [-0.2, 0) is 19.1 Å². The molecule has 0 spiro atoms. The Hall–Kier alpha value is -3.47. The number of rotatable bonds is 8. The molecule has 1 aliphatic rings. The monoisotopic (exact) mass is 478 g/mol. The van der Waals surface area contributed by atoms with Crippen molar-refractivity contribution in [1.29, 1.82) is 0 Å². The molecule has 3 amide bonds. The number of ether oxygens (including phenoxy) is 2. The van der Waals surface area contributed by atoms with E-state index in [0.29, 0.717) is 5.69 Å². The van der Waals surface area contributed by atoms with Gasteiger partial charge in [0.2, 0.25) is 5.91 Å². The van der Waals surface area contributed by atoms with E-state index in [0.717, 1.165) is 17.0 Å². The van der Waals surface area contributed by atoms with E-state index >= 15 is 0 Å². The van der Waals surface area contributed by atoms with Crippen LogP contribution in [0.5, 0.6) is 5.75 Å². The number of alkyl halides is 2. The summed E-state index contributed by atoms with van der Waals surface area (Å²) in [5.74, 6) is -3.48. The Balaban J connectivity index is 1.47. The van der Waals surface area contributed by atoms with Crippen LogP contribution < -0.4 is 15.0 Å². The lowest BCUT2D eigenvalue weighted by Crippen LogP contribution is -2.35. The number of anilines is 1. The Labute approximate surface area is 192 Å². The van der Waals surface area contributed by atoms with E-state index in [9.17, 15) is 28.0 Å². The van der Waals surface area contributed by atoms with Crippen molar-refractivity contribution in [3.63, 3.8) is 0 Å². The second-order valence-corrected chi connectivity index (χ2v) is 7.87. The molecule has 1 N–H and O–H groups in total. The van der Waals surface area contributed by atoms with Gasteiger partial charge in [0.1, 0.15) is 5.75 Å². The fourth-order valence-electron chi connectivity index (χ4n) is 3.15. The number of imide groups is 1. The molecule has 3 rings (SSSR count). The largest absolute Gasteiger partial charge is 0.455 e. The van der Waals surface area contributed by atoms with Crippen LogP contribution in [0, 0.1) is 5.92 Å². The highest BCUT2D eigenvalue weighted by molar-refractivity contribution is 7.98. The predicted molar refractivity (Wildman–Crippen MR) is 115 cm³/mol. The first kappa shape index (κ1) is 24.2. The van der Waals surface area contributed by atoms with Crippen LogP contribution in [0.3, 0.4) is 0 Å². The van der Waals surface area contributed by atoms with Crippen molar-refractivity contribution in [3.8, 4) is 5.75 Å². The van der Waals surface area contributed by atoms with Crippen LogP contribution in [0.25, 0.3) is 0 Å². The number of benzene rings is 2. The minimum absolute atomic E-state index is 0.0285. The second kappa shape index (κ2) is 10.9. The minimum atomic E-state index is -3.00. The van der Waals surface area contributed by atoms with Gasteiger partial charge in [0.15, 0.2) is 6.61 Å². The van der Waals surface area contributed by atoms with Crippen molar-refractivity contribution in [2.75, 3.05) is 24.3 Å². The van der Waals surface area contributed by atoms with Gasteiger partial charge >= 0.3 is 12.6 Å². The molecule has 174 valence electrons. The Kier molecular flexibility index (Phi) is 7.99. The molecular weight excluding hydrogens is 458 g/mol. The van der Waals surface area contributed by atoms with Crippen molar-refractivity contribution in [2.24, 2.45) is 5.92 Å². The first-order valence-corrected chi connectivity index (χ1v) is 11.0. The number of carbonyl (C=O) groups excluding carboxylic acids is 4. The number of carbonyl (C=O) groups is 4. The summed E-state index contributed by atoms with van der Waals surface area (Å²) in [5.41, 5.74) is 0.697. The normalized spacial score (nSPS) is 15.5. The van der Waals surface area contributed by atoms with Crippen LogP contribution >= 0.6 is 11.8 Å². The summed E-state index contributed by atoms with van der Waals surface area (Å²) in [7, 11) is 0. The van der Waals surface area contributed by atoms with Gasteiger partial charge in [0.25, 0.3) is 11.8 Å². The Morgan fingerprint density at radius 2 is 1.79 bits per heavy atom. The topological polar surface area (TPSA) is 102 Å². The zero-order chi connectivity index (χ0) is 24.0. The molecule has 11 heteroatoms. The number of halogens is 2. The van der Waals surface area contributed by atoms with Crippen molar-refractivity contribution in [3.05, 3.63) is 54.1 Å². The van der Waals surface area contributed by atoms with Crippen LogP contribution in [0.1, 0.15) is 16.8 Å². The molecule has 1 saturated heterocycles. The molecule has 1 aliphatic heterocycles. The highest BCUT2D eigenvalue weighted by Gasteiger charge is 2.36. The zero-order valence-electron chi connectivity index (χ0n) is 17.5. The number of esters is 1. The summed E-state index contributed by atoms with van der Waals surface area (Å²) in [5, 5.41) is 2.03. The number of thioether (sulfide) groups is 1. The summed E-state index contributed by atoms with van der Waals surface area (Å²) in [6, 6.07) is 12.1. The Morgan fingerprint density at radius 1 is 1.12 bits per heavy atom. The second-order valence-electron chi connectivity index (χ2n) is 6.99.